The lowest BCUT2D eigenvalue weighted by molar-refractivity contribution is -0.136. The van der Waals surface area contributed by atoms with Gasteiger partial charge in [-0.3, -0.25) is 19.7 Å². The van der Waals surface area contributed by atoms with Gasteiger partial charge in [0.25, 0.3) is 0 Å². The number of nitrogens with one attached hydrogen (secondary N) is 1. The second kappa shape index (κ2) is 7.54. The van der Waals surface area contributed by atoms with Crippen LogP contribution in [0.2, 0.25) is 0 Å². The summed E-state index contributed by atoms with van der Waals surface area (Å²) < 4.78 is 1.02. The van der Waals surface area contributed by atoms with Crippen LogP contribution < -0.4 is 5.32 Å². The van der Waals surface area contributed by atoms with E-state index in [2.05, 4.69) is 21.2 Å². The standard InChI is InChI=1S/C16H19BrN2O3/c1-19(6-5-11-3-2-4-13(17)7-11)16(22)10-12-8-14(20)18-15(21)9-12/h2-4,7,12H,5-6,8-10H2,1H3,(H,18,20,21). The molecule has 5 nitrogen and oxygen atoms in total. The summed E-state index contributed by atoms with van der Waals surface area (Å²) in [7, 11) is 1.75. The Morgan fingerprint density at radius 3 is 2.64 bits per heavy atom. The van der Waals surface area contributed by atoms with Crippen LogP contribution in [0.5, 0.6) is 0 Å². The normalized spacial score (nSPS) is 15.5. The van der Waals surface area contributed by atoms with E-state index in [1.807, 2.05) is 24.3 Å². The molecule has 0 saturated carbocycles. The van der Waals surface area contributed by atoms with Crippen LogP contribution in [0.25, 0.3) is 0 Å². The van der Waals surface area contributed by atoms with E-state index in [1.165, 1.54) is 0 Å². The van der Waals surface area contributed by atoms with Crippen molar-refractivity contribution in [2.75, 3.05) is 13.6 Å². The van der Waals surface area contributed by atoms with E-state index in [1.54, 1.807) is 11.9 Å². The molecular weight excluding hydrogens is 348 g/mol. The highest BCUT2D eigenvalue weighted by molar-refractivity contribution is 9.10. The molecule has 2 rings (SSSR count). The lowest BCUT2D eigenvalue weighted by atomic mass is 9.93. The zero-order chi connectivity index (χ0) is 16.1. The number of imide groups is 1. The summed E-state index contributed by atoms with van der Waals surface area (Å²) in [6.07, 6.45) is 1.51. The molecule has 1 aliphatic heterocycles. The summed E-state index contributed by atoms with van der Waals surface area (Å²) in [4.78, 5) is 36.5. The second-order valence-electron chi connectivity index (χ2n) is 5.64. The molecule has 0 aromatic heterocycles. The van der Waals surface area contributed by atoms with E-state index in [0.29, 0.717) is 6.54 Å². The van der Waals surface area contributed by atoms with Gasteiger partial charge >= 0.3 is 0 Å². The minimum Gasteiger partial charge on any atom is -0.345 e. The highest BCUT2D eigenvalue weighted by Crippen LogP contribution is 2.19. The number of piperidine rings is 1. The first-order valence-corrected chi connectivity index (χ1v) is 8.04. The molecule has 0 aliphatic carbocycles. The number of halogens is 1. The molecule has 3 amide bonds. The van der Waals surface area contributed by atoms with Crippen LogP contribution in [-0.4, -0.2) is 36.2 Å². The summed E-state index contributed by atoms with van der Waals surface area (Å²) in [5, 5.41) is 2.26. The van der Waals surface area contributed by atoms with Gasteiger partial charge in [0.1, 0.15) is 0 Å². The SMILES string of the molecule is CN(CCc1cccc(Br)c1)C(=O)CC1CC(=O)NC(=O)C1. The van der Waals surface area contributed by atoms with E-state index in [-0.39, 0.29) is 42.9 Å². The summed E-state index contributed by atoms with van der Waals surface area (Å²) in [6.45, 7) is 0.613. The van der Waals surface area contributed by atoms with Gasteiger partial charge in [0.15, 0.2) is 0 Å². The average molecular weight is 367 g/mol. The summed E-state index contributed by atoms with van der Waals surface area (Å²) >= 11 is 3.42. The van der Waals surface area contributed by atoms with E-state index in [9.17, 15) is 14.4 Å². The Hall–Kier alpha value is -1.69. The molecule has 0 radical (unpaired) electrons. The topological polar surface area (TPSA) is 66.5 Å². The van der Waals surface area contributed by atoms with Gasteiger partial charge in [0.05, 0.1) is 0 Å². The van der Waals surface area contributed by atoms with Gasteiger partial charge in [-0.05, 0) is 30.0 Å². The van der Waals surface area contributed by atoms with Gasteiger partial charge in [0, 0.05) is 37.3 Å². The number of amides is 3. The number of carbonyl (C=O) groups excluding carboxylic acids is 3. The molecule has 0 atom stereocenters. The van der Waals surface area contributed by atoms with Gasteiger partial charge in [-0.15, -0.1) is 0 Å². The number of carbonyl (C=O) groups is 3. The Morgan fingerprint density at radius 1 is 1.32 bits per heavy atom. The Kier molecular flexibility index (Phi) is 5.71. The van der Waals surface area contributed by atoms with Crippen molar-refractivity contribution in [3.8, 4) is 0 Å². The zero-order valence-corrected chi connectivity index (χ0v) is 14.1. The van der Waals surface area contributed by atoms with Crippen LogP contribution in [0.4, 0.5) is 0 Å². The molecule has 0 unspecified atom stereocenters. The Labute approximate surface area is 138 Å². The van der Waals surface area contributed by atoms with Gasteiger partial charge in [0.2, 0.25) is 17.7 Å². The molecule has 0 bridgehead atoms. The minimum atomic E-state index is -0.286. The first-order chi connectivity index (χ1) is 10.4. The van der Waals surface area contributed by atoms with Crippen molar-refractivity contribution in [1.82, 2.24) is 10.2 Å². The van der Waals surface area contributed by atoms with Crippen molar-refractivity contribution in [3.63, 3.8) is 0 Å². The fourth-order valence-electron chi connectivity index (χ4n) is 2.52. The summed E-state index contributed by atoms with van der Waals surface area (Å²) in [5.41, 5.74) is 1.15. The molecule has 1 saturated heterocycles. The highest BCUT2D eigenvalue weighted by atomic mass is 79.9. The predicted octanol–water partition coefficient (Wildman–Crippen LogP) is 1.89. The Bertz CT molecular complexity index is 573. The molecule has 1 N–H and O–H groups in total. The summed E-state index contributed by atoms with van der Waals surface area (Å²) in [6, 6.07) is 7.98. The van der Waals surface area contributed by atoms with E-state index < -0.39 is 0 Å². The third-order valence-electron chi connectivity index (χ3n) is 3.74. The molecule has 1 aliphatic rings. The van der Waals surface area contributed by atoms with E-state index >= 15 is 0 Å². The van der Waals surface area contributed by atoms with Crippen molar-refractivity contribution in [3.05, 3.63) is 34.3 Å². The van der Waals surface area contributed by atoms with E-state index in [0.717, 1.165) is 16.5 Å². The smallest absolute Gasteiger partial charge is 0.226 e. The average Bonchev–Trinajstić information content (AvgIpc) is 2.43. The predicted molar refractivity (Wildman–Crippen MR) is 86.0 cm³/mol. The number of nitrogens with zero attached hydrogens (tertiary/aromatic N) is 1. The Balaban J connectivity index is 1.81. The van der Waals surface area contributed by atoms with Crippen molar-refractivity contribution >= 4 is 33.7 Å². The molecule has 1 aromatic rings. The maximum Gasteiger partial charge on any atom is 0.226 e. The number of rotatable bonds is 5. The van der Waals surface area contributed by atoms with Crippen molar-refractivity contribution in [2.24, 2.45) is 5.92 Å². The maximum absolute atomic E-state index is 12.2. The number of hydrogen-bond donors (Lipinski definition) is 1. The molecule has 1 heterocycles. The number of hydrogen-bond acceptors (Lipinski definition) is 3. The lowest BCUT2D eigenvalue weighted by Gasteiger charge is -2.23. The van der Waals surface area contributed by atoms with Crippen molar-refractivity contribution in [2.45, 2.75) is 25.7 Å². The molecular formula is C16H19BrN2O3. The van der Waals surface area contributed by atoms with Gasteiger partial charge < -0.3 is 4.90 Å². The molecule has 1 fully saturated rings. The van der Waals surface area contributed by atoms with Crippen LogP contribution in [0.15, 0.2) is 28.7 Å². The molecule has 118 valence electrons. The molecule has 1 aromatic carbocycles. The maximum atomic E-state index is 12.2. The molecule has 0 spiro atoms. The quantitative estimate of drug-likeness (QED) is 0.809. The number of likely N-dealkylation sites (N-methyl/N-ethyl adjacent to an activating group) is 1. The van der Waals surface area contributed by atoms with Crippen molar-refractivity contribution in [1.29, 1.82) is 0 Å². The van der Waals surface area contributed by atoms with Gasteiger partial charge in [-0.25, -0.2) is 0 Å². The number of benzene rings is 1. The largest absolute Gasteiger partial charge is 0.345 e. The highest BCUT2D eigenvalue weighted by Gasteiger charge is 2.27. The summed E-state index contributed by atoms with van der Waals surface area (Å²) in [5.74, 6) is -0.777. The zero-order valence-electron chi connectivity index (χ0n) is 12.5. The fourth-order valence-corrected chi connectivity index (χ4v) is 2.96. The Morgan fingerprint density at radius 2 is 2.00 bits per heavy atom. The van der Waals surface area contributed by atoms with Crippen LogP contribution in [0, 0.1) is 5.92 Å². The molecule has 22 heavy (non-hydrogen) atoms. The monoisotopic (exact) mass is 366 g/mol. The first kappa shape index (κ1) is 16.7. The lowest BCUT2D eigenvalue weighted by Crippen LogP contribution is -2.40. The van der Waals surface area contributed by atoms with E-state index in [4.69, 9.17) is 0 Å². The van der Waals surface area contributed by atoms with Crippen LogP contribution >= 0.6 is 15.9 Å². The van der Waals surface area contributed by atoms with Crippen molar-refractivity contribution < 1.29 is 14.4 Å². The van der Waals surface area contributed by atoms with Crippen LogP contribution in [0.3, 0.4) is 0 Å². The fraction of sp³-hybridized carbons (Fsp3) is 0.438. The second-order valence-corrected chi connectivity index (χ2v) is 6.56. The minimum absolute atomic E-state index is 0.0255. The van der Waals surface area contributed by atoms with Crippen LogP contribution in [0.1, 0.15) is 24.8 Å². The first-order valence-electron chi connectivity index (χ1n) is 7.25. The van der Waals surface area contributed by atoms with Gasteiger partial charge in [-0.1, -0.05) is 28.1 Å². The third-order valence-corrected chi connectivity index (χ3v) is 4.23. The third kappa shape index (κ3) is 4.94. The molecule has 6 heteroatoms. The van der Waals surface area contributed by atoms with Crippen LogP contribution in [-0.2, 0) is 20.8 Å². The van der Waals surface area contributed by atoms with Gasteiger partial charge in [-0.2, -0.15) is 0 Å².